The summed E-state index contributed by atoms with van der Waals surface area (Å²) >= 11 is 4.91. The number of hydrogen-bond donors (Lipinski definition) is 4. The molecule has 2 aliphatic rings. The summed E-state index contributed by atoms with van der Waals surface area (Å²) < 4.78 is 74.6. The molecule has 1 aromatic heterocycles. The number of halogens is 2. The van der Waals surface area contributed by atoms with Crippen LogP contribution in [-0.2, 0) is 42.4 Å². The molecule has 0 aliphatic carbocycles. The molecule has 222 valence electrons. The fourth-order valence-electron chi connectivity index (χ4n) is 4.31. The molecule has 1 fully saturated rings. The second-order valence-electron chi connectivity index (χ2n) is 11.7. The third-order valence-corrected chi connectivity index (χ3v) is 8.27. The van der Waals surface area contributed by atoms with Gasteiger partial charge in [-0.2, -0.15) is 0 Å². The number of nitrogens with zero attached hydrogens (tertiary/aromatic N) is 1. The monoisotopic (exact) mass is 607 g/mol. The Bertz CT molecular complexity index is 1540. The summed E-state index contributed by atoms with van der Waals surface area (Å²) in [6.45, 7) is 8.43. The molecule has 0 saturated carbocycles. The van der Waals surface area contributed by atoms with Crippen molar-refractivity contribution in [1.29, 1.82) is 0 Å². The molecule has 15 heteroatoms. The molecule has 1 saturated heterocycles. The molecule has 0 radical (unpaired) electrons. The summed E-state index contributed by atoms with van der Waals surface area (Å²) in [6, 6.07) is 1.61. The molecule has 0 amide bonds. The fraction of sp³-hybridized carbons (Fsp3) is 0.600. The third-order valence-electron chi connectivity index (χ3n) is 6.61. The second-order valence-corrected chi connectivity index (χ2v) is 13.7. The molecule has 1 aromatic carbocycles. The fourth-order valence-corrected chi connectivity index (χ4v) is 5.74. The number of aliphatic hydroxyl groups excluding tert-OH is 3. The van der Waals surface area contributed by atoms with Gasteiger partial charge < -0.3 is 24.6 Å². The maximum absolute atomic E-state index is 15.9. The van der Waals surface area contributed by atoms with Gasteiger partial charge in [-0.3, -0.25) is 18.6 Å². The summed E-state index contributed by atoms with van der Waals surface area (Å²) in [7, 11) is -4.66. The first-order valence-electron chi connectivity index (χ1n) is 12.8. The van der Waals surface area contributed by atoms with Crippen LogP contribution in [0.5, 0.6) is 5.75 Å². The minimum Gasteiger partial charge on any atom is -0.403 e. The van der Waals surface area contributed by atoms with Crippen LogP contribution >= 0.6 is 20.0 Å². The lowest BCUT2D eigenvalue weighted by molar-refractivity contribution is -0.205. The first-order chi connectivity index (χ1) is 18.7. The van der Waals surface area contributed by atoms with Gasteiger partial charge in [-0.05, 0) is 22.5 Å². The number of alkyl halides is 1. The normalized spacial score (nSPS) is 31.0. The van der Waals surface area contributed by atoms with Gasteiger partial charge in [0.15, 0.2) is 6.20 Å². The van der Waals surface area contributed by atoms with Gasteiger partial charge in [0, 0.05) is 17.3 Å². The van der Waals surface area contributed by atoms with Crippen LogP contribution in [0.2, 0.25) is 0 Å². The zero-order chi connectivity index (χ0) is 30.9. The van der Waals surface area contributed by atoms with E-state index < -0.39 is 74.2 Å². The van der Waals surface area contributed by atoms with Gasteiger partial charge in [0.1, 0.15) is 35.0 Å². The third kappa shape index (κ3) is 5.56. The van der Waals surface area contributed by atoms with Gasteiger partial charge in [0.25, 0.3) is 5.85 Å². The highest BCUT2D eigenvalue weighted by molar-refractivity contribution is 7.71. The van der Waals surface area contributed by atoms with E-state index in [2.05, 4.69) is 4.98 Å². The molecular formula is C25H33F2N2O9PS. The highest BCUT2D eigenvalue weighted by atomic mass is 32.1. The van der Waals surface area contributed by atoms with Crippen LogP contribution in [0.15, 0.2) is 17.1 Å². The number of rotatable bonds is 5. The lowest BCUT2D eigenvalue weighted by Gasteiger charge is -2.34. The number of hydrogen-bond acceptors (Lipinski definition) is 10. The van der Waals surface area contributed by atoms with Gasteiger partial charge >= 0.3 is 13.5 Å². The molecule has 0 bridgehead atoms. The van der Waals surface area contributed by atoms with Crippen molar-refractivity contribution in [3.05, 3.63) is 55.5 Å². The van der Waals surface area contributed by atoms with Gasteiger partial charge in [-0.25, -0.2) is 18.1 Å². The van der Waals surface area contributed by atoms with Crippen LogP contribution < -0.4 is 10.2 Å². The van der Waals surface area contributed by atoms with E-state index in [1.54, 1.807) is 6.07 Å². The molecule has 4 N–H and O–H groups in total. The van der Waals surface area contributed by atoms with E-state index in [0.29, 0.717) is 15.7 Å². The smallest absolute Gasteiger partial charge is 0.403 e. The van der Waals surface area contributed by atoms with E-state index in [-0.39, 0.29) is 21.5 Å². The minimum absolute atomic E-state index is 0.00522. The number of fused-ring (bicyclic) bond motifs is 1. The van der Waals surface area contributed by atoms with Crippen LogP contribution in [-0.4, -0.2) is 49.5 Å². The van der Waals surface area contributed by atoms with E-state index in [9.17, 15) is 24.7 Å². The van der Waals surface area contributed by atoms with Crippen molar-refractivity contribution in [2.24, 2.45) is 0 Å². The molecule has 11 nitrogen and oxygen atoms in total. The van der Waals surface area contributed by atoms with Gasteiger partial charge in [0.2, 0.25) is 0 Å². The number of aromatic amines is 1. The maximum atomic E-state index is 15.9. The van der Waals surface area contributed by atoms with Crippen LogP contribution in [0, 0.1) is 10.5 Å². The van der Waals surface area contributed by atoms with Crippen molar-refractivity contribution in [2.45, 2.75) is 89.9 Å². The van der Waals surface area contributed by atoms with Gasteiger partial charge in [-0.15, -0.1) is 0 Å². The first-order valence-corrected chi connectivity index (χ1v) is 14.2. The van der Waals surface area contributed by atoms with Crippen molar-refractivity contribution in [3.8, 4) is 5.75 Å². The predicted octanol–water partition coefficient (Wildman–Crippen LogP) is 3.78. The molecule has 0 spiro atoms. The van der Waals surface area contributed by atoms with Crippen LogP contribution in [0.25, 0.3) is 0 Å². The SMILES string of the molecule is [2H][C@@]1(n2cc(CO)c(=S)[nH]c2=O)O[C@](F)(COP2(=O)OCc3c(F)c(C(C)(C)C)cc(C(C)(C)C)c3O2)[C@@H](O)[C@H]1O. The number of phosphoric acid groups is 1. The molecule has 2 aromatic rings. The van der Waals surface area contributed by atoms with E-state index in [1.165, 1.54) is 0 Å². The maximum Gasteiger partial charge on any atom is 0.530 e. The van der Waals surface area contributed by atoms with E-state index in [0.717, 1.165) is 6.20 Å². The average Bonchev–Trinajstić information content (AvgIpc) is 3.02. The zero-order valence-corrected chi connectivity index (χ0v) is 24.5. The number of phosphoric ester groups is 1. The second kappa shape index (κ2) is 10.4. The van der Waals surface area contributed by atoms with E-state index >= 15 is 8.78 Å². The van der Waals surface area contributed by atoms with Gasteiger partial charge in [-0.1, -0.05) is 53.8 Å². The van der Waals surface area contributed by atoms with E-state index in [4.69, 9.17) is 31.9 Å². The number of ether oxygens (including phenoxy) is 1. The number of benzene rings is 1. The van der Waals surface area contributed by atoms with Crippen molar-refractivity contribution < 1.29 is 48.3 Å². The summed E-state index contributed by atoms with van der Waals surface area (Å²) in [6.07, 6.45) is -6.93. The van der Waals surface area contributed by atoms with Crippen molar-refractivity contribution in [1.82, 2.24) is 9.55 Å². The molecule has 4 rings (SSSR count). The summed E-state index contributed by atoms with van der Waals surface area (Å²) in [5.41, 5.74) is -1.46. The molecule has 2 aliphatic heterocycles. The van der Waals surface area contributed by atoms with Crippen molar-refractivity contribution in [2.75, 3.05) is 6.61 Å². The Kier molecular flexibility index (Phi) is 7.63. The topological polar surface area (TPSA) is 152 Å². The molecule has 40 heavy (non-hydrogen) atoms. The number of aromatic nitrogens is 2. The Morgan fingerprint density at radius 3 is 2.48 bits per heavy atom. The summed E-state index contributed by atoms with van der Waals surface area (Å²) in [4.78, 5) is 14.6. The Balaban J connectivity index is 1.65. The number of H-pyrrole nitrogens is 1. The van der Waals surface area contributed by atoms with Crippen LogP contribution in [0.4, 0.5) is 8.78 Å². The highest BCUT2D eigenvalue weighted by Gasteiger charge is 2.58. The molecule has 3 heterocycles. The van der Waals surface area contributed by atoms with Crippen LogP contribution in [0.1, 0.15) is 71.4 Å². The van der Waals surface area contributed by atoms with Crippen LogP contribution in [0.3, 0.4) is 0 Å². The van der Waals surface area contributed by atoms with Gasteiger partial charge in [0.05, 0.1) is 20.1 Å². The highest BCUT2D eigenvalue weighted by Crippen LogP contribution is 2.58. The number of aliphatic hydroxyl groups is 3. The summed E-state index contributed by atoms with van der Waals surface area (Å²) in [5, 5.41) is 30.5. The Morgan fingerprint density at radius 2 is 1.90 bits per heavy atom. The lowest BCUT2D eigenvalue weighted by atomic mass is 9.78. The Labute approximate surface area is 235 Å². The largest absolute Gasteiger partial charge is 0.530 e. The molecular weight excluding hydrogens is 573 g/mol. The van der Waals surface area contributed by atoms with E-state index in [1.807, 2.05) is 41.5 Å². The zero-order valence-electron chi connectivity index (χ0n) is 23.8. The standard InChI is InChI=1S/C25H33F2N2O9PS/c1-23(2,3)14-7-15(24(4,5)6)18-13(16(14)26)10-35-39(34,38-18)36-11-25(27)19(32)17(31)21(37-25)29-8-12(9-30)20(40)28-22(29)33/h7-8,17,19,21,30-32H,9-11H2,1-6H3,(H,28,33,40)/t17-,19+,21-,25-,39?/m1/s1/i21D. The number of nitrogens with one attached hydrogen (secondary N) is 1. The Hall–Kier alpha value is -2.03. The quantitative estimate of drug-likeness (QED) is 0.292. The predicted molar refractivity (Wildman–Crippen MR) is 141 cm³/mol. The molecule has 5 atom stereocenters. The van der Waals surface area contributed by atoms with Crippen molar-refractivity contribution >= 4 is 20.0 Å². The minimum atomic E-state index is -4.66. The lowest BCUT2D eigenvalue weighted by Crippen LogP contribution is -2.43. The molecule has 1 unspecified atom stereocenters. The Morgan fingerprint density at radius 1 is 1.27 bits per heavy atom. The summed E-state index contributed by atoms with van der Waals surface area (Å²) in [5.74, 6) is -4.10. The van der Waals surface area contributed by atoms with Crippen molar-refractivity contribution in [3.63, 3.8) is 0 Å². The first kappa shape index (κ1) is 29.5. The average molecular weight is 608 g/mol.